The smallest absolute Gasteiger partial charge is 0.175 e. The van der Waals surface area contributed by atoms with Crippen molar-refractivity contribution in [3.63, 3.8) is 0 Å². The number of aliphatic imine (C=N–C) groups is 1. The summed E-state index contributed by atoms with van der Waals surface area (Å²) < 4.78 is 0. The molecule has 4 heteroatoms. The van der Waals surface area contributed by atoms with Crippen LogP contribution in [0, 0.1) is 0 Å². The number of fused-ring (bicyclic) bond motifs is 1. The highest BCUT2D eigenvalue weighted by molar-refractivity contribution is 8.14. The summed E-state index contributed by atoms with van der Waals surface area (Å²) in [4.78, 5) is 6.37. The molecule has 1 N–H and O–H groups in total. The normalized spacial score (nSPS) is 29.1. The second-order valence-corrected chi connectivity index (χ2v) is 4.73. The predicted molar refractivity (Wildman–Crippen MR) is 61.8 cm³/mol. The molecule has 0 radical (unpaired) electrons. The Balaban J connectivity index is 2.02. The molecular formula is C11H12N2OS. The number of benzene rings is 1. The zero-order chi connectivity index (χ0) is 10.3. The van der Waals surface area contributed by atoms with E-state index in [1.54, 1.807) is 11.8 Å². The first kappa shape index (κ1) is 9.24. The first-order valence-electron chi connectivity index (χ1n) is 5.03. The second-order valence-electron chi connectivity index (χ2n) is 3.79. The van der Waals surface area contributed by atoms with E-state index in [0.29, 0.717) is 5.75 Å². The summed E-state index contributed by atoms with van der Waals surface area (Å²) in [6.07, 6.45) is 0. The van der Waals surface area contributed by atoms with Gasteiger partial charge in [0.25, 0.3) is 0 Å². The van der Waals surface area contributed by atoms with Crippen molar-refractivity contribution in [3.05, 3.63) is 35.9 Å². The summed E-state index contributed by atoms with van der Waals surface area (Å²) in [5.41, 5.74) is 0.117. The molecule has 0 amide bonds. The van der Waals surface area contributed by atoms with Crippen LogP contribution in [0.25, 0.3) is 0 Å². The Kier molecular flexibility index (Phi) is 2.00. The summed E-state index contributed by atoms with van der Waals surface area (Å²) >= 11 is 1.64. The maximum absolute atomic E-state index is 10.7. The lowest BCUT2D eigenvalue weighted by Gasteiger charge is -2.31. The van der Waals surface area contributed by atoms with E-state index in [0.717, 1.165) is 23.8 Å². The Labute approximate surface area is 92.8 Å². The molecule has 2 aliphatic heterocycles. The molecule has 2 aliphatic rings. The molecule has 0 spiro atoms. The summed E-state index contributed by atoms with van der Waals surface area (Å²) in [6.45, 7) is 1.63. The third-order valence-corrected chi connectivity index (χ3v) is 4.04. The third-order valence-electron chi connectivity index (χ3n) is 2.89. The van der Waals surface area contributed by atoms with Crippen LogP contribution < -0.4 is 0 Å². The summed E-state index contributed by atoms with van der Waals surface area (Å²) in [5, 5.41) is 11.6. The van der Waals surface area contributed by atoms with Gasteiger partial charge in [-0.1, -0.05) is 42.1 Å². The molecule has 2 heterocycles. The van der Waals surface area contributed by atoms with Crippen LogP contribution in [0.5, 0.6) is 0 Å². The Morgan fingerprint density at radius 2 is 2.13 bits per heavy atom. The van der Waals surface area contributed by atoms with Gasteiger partial charge in [-0.05, 0) is 0 Å². The van der Waals surface area contributed by atoms with Crippen molar-refractivity contribution in [1.82, 2.24) is 4.90 Å². The highest BCUT2D eigenvalue weighted by atomic mass is 32.2. The molecule has 3 nitrogen and oxygen atoms in total. The lowest BCUT2D eigenvalue weighted by molar-refractivity contribution is -0.0425. The molecule has 0 aromatic heterocycles. The lowest BCUT2D eigenvalue weighted by Crippen LogP contribution is -2.43. The Hall–Kier alpha value is -1.00. The van der Waals surface area contributed by atoms with E-state index in [2.05, 4.69) is 4.99 Å². The minimum atomic E-state index is -0.846. The van der Waals surface area contributed by atoms with Crippen LogP contribution in [0.1, 0.15) is 5.56 Å². The van der Waals surface area contributed by atoms with Crippen molar-refractivity contribution in [1.29, 1.82) is 0 Å². The molecule has 0 saturated carbocycles. The van der Waals surface area contributed by atoms with Gasteiger partial charge in [0.2, 0.25) is 0 Å². The fourth-order valence-corrected chi connectivity index (χ4v) is 3.31. The number of thioether (sulfide) groups is 1. The maximum atomic E-state index is 10.7. The van der Waals surface area contributed by atoms with Crippen LogP contribution in [-0.2, 0) is 5.72 Å². The minimum absolute atomic E-state index is 0.676. The Morgan fingerprint density at radius 3 is 2.93 bits per heavy atom. The Morgan fingerprint density at radius 1 is 1.33 bits per heavy atom. The topological polar surface area (TPSA) is 35.8 Å². The third kappa shape index (κ3) is 1.28. The number of nitrogens with zero attached hydrogens (tertiary/aromatic N) is 2. The zero-order valence-electron chi connectivity index (χ0n) is 8.26. The molecule has 1 unspecified atom stereocenters. The van der Waals surface area contributed by atoms with E-state index in [-0.39, 0.29) is 0 Å². The summed E-state index contributed by atoms with van der Waals surface area (Å²) in [7, 11) is 0. The van der Waals surface area contributed by atoms with Gasteiger partial charge in [0, 0.05) is 12.1 Å². The van der Waals surface area contributed by atoms with Crippen molar-refractivity contribution in [2.75, 3.05) is 18.8 Å². The average Bonchev–Trinajstić information content (AvgIpc) is 2.85. The van der Waals surface area contributed by atoms with Crippen molar-refractivity contribution in [3.8, 4) is 0 Å². The molecular weight excluding hydrogens is 208 g/mol. The molecule has 0 aliphatic carbocycles. The average molecular weight is 220 g/mol. The molecule has 1 aromatic rings. The number of aliphatic hydroxyl groups is 1. The second kappa shape index (κ2) is 3.25. The number of rotatable bonds is 1. The van der Waals surface area contributed by atoms with Gasteiger partial charge >= 0.3 is 0 Å². The number of hydrogen-bond acceptors (Lipinski definition) is 4. The van der Waals surface area contributed by atoms with E-state index in [1.165, 1.54) is 0 Å². The highest BCUT2D eigenvalue weighted by Gasteiger charge is 2.45. The van der Waals surface area contributed by atoms with Gasteiger partial charge in [0.05, 0.1) is 12.3 Å². The molecule has 1 atom stereocenters. The molecule has 1 fully saturated rings. The van der Waals surface area contributed by atoms with Crippen molar-refractivity contribution in [2.45, 2.75) is 5.72 Å². The van der Waals surface area contributed by atoms with Gasteiger partial charge in [0.1, 0.15) is 0 Å². The molecule has 0 bridgehead atoms. The van der Waals surface area contributed by atoms with Gasteiger partial charge in [-0.25, -0.2) is 0 Å². The van der Waals surface area contributed by atoms with Crippen LogP contribution in [-0.4, -0.2) is 34.0 Å². The number of hydrogen-bond donors (Lipinski definition) is 1. The first-order valence-corrected chi connectivity index (χ1v) is 6.02. The van der Waals surface area contributed by atoms with Crippen LogP contribution in [0.4, 0.5) is 0 Å². The van der Waals surface area contributed by atoms with Gasteiger partial charge in [0.15, 0.2) is 10.9 Å². The van der Waals surface area contributed by atoms with E-state index in [4.69, 9.17) is 0 Å². The van der Waals surface area contributed by atoms with E-state index in [1.807, 2.05) is 35.2 Å². The first-order chi connectivity index (χ1) is 7.31. The molecule has 1 aromatic carbocycles. The summed E-state index contributed by atoms with van der Waals surface area (Å²) in [5.74, 6) is 0.676. The maximum Gasteiger partial charge on any atom is 0.175 e. The van der Waals surface area contributed by atoms with Crippen LogP contribution in [0.3, 0.4) is 0 Å². The molecule has 1 saturated heterocycles. The van der Waals surface area contributed by atoms with Crippen LogP contribution in [0.15, 0.2) is 35.3 Å². The highest BCUT2D eigenvalue weighted by Crippen LogP contribution is 2.40. The largest absolute Gasteiger partial charge is 0.366 e. The van der Waals surface area contributed by atoms with Gasteiger partial charge < -0.3 is 10.0 Å². The Bertz CT molecular complexity index is 406. The fraction of sp³-hybridized carbons (Fsp3) is 0.364. The van der Waals surface area contributed by atoms with Crippen molar-refractivity contribution in [2.24, 2.45) is 4.99 Å². The predicted octanol–water partition coefficient (Wildman–Crippen LogP) is 1.25. The molecule has 78 valence electrons. The molecule has 15 heavy (non-hydrogen) atoms. The van der Waals surface area contributed by atoms with E-state index >= 15 is 0 Å². The zero-order valence-corrected chi connectivity index (χ0v) is 9.07. The standard InChI is InChI=1S/C11H12N2OS/c14-11(9-4-2-1-3-5-9)8-15-10-12-6-7-13(10)11/h1-5,14H,6-8H2. The summed E-state index contributed by atoms with van der Waals surface area (Å²) in [6, 6.07) is 9.84. The SMILES string of the molecule is OC1(c2ccccc2)CSC2=NCCN21. The quantitative estimate of drug-likeness (QED) is 0.773. The van der Waals surface area contributed by atoms with Gasteiger partial charge in [-0.2, -0.15) is 0 Å². The van der Waals surface area contributed by atoms with E-state index < -0.39 is 5.72 Å². The fourth-order valence-electron chi connectivity index (χ4n) is 2.08. The van der Waals surface area contributed by atoms with Crippen LogP contribution >= 0.6 is 11.8 Å². The van der Waals surface area contributed by atoms with Crippen LogP contribution in [0.2, 0.25) is 0 Å². The van der Waals surface area contributed by atoms with Gasteiger partial charge in [-0.3, -0.25) is 4.99 Å². The van der Waals surface area contributed by atoms with Gasteiger partial charge in [-0.15, -0.1) is 0 Å². The minimum Gasteiger partial charge on any atom is -0.366 e. The van der Waals surface area contributed by atoms with Crippen molar-refractivity contribution < 1.29 is 5.11 Å². The lowest BCUT2D eigenvalue weighted by atomic mass is 10.0. The van der Waals surface area contributed by atoms with Crippen molar-refractivity contribution >= 4 is 16.9 Å². The molecule has 3 rings (SSSR count). The monoisotopic (exact) mass is 220 g/mol. The van der Waals surface area contributed by atoms with E-state index in [9.17, 15) is 5.11 Å². The number of amidine groups is 1.